The van der Waals surface area contributed by atoms with Gasteiger partial charge in [0.1, 0.15) is 5.69 Å². The lowest BCUT2D eigenvalue weighted by Gasteiger charge is -2.08. The quantitative estimate of drug-likeness (QED) is 0.644. The third-order valence-corrected chi connectivity index (χ3v) is 2.91. The molecular formula is C12H12F3N. The maximum atomic E-state index is 12.7. The molecule has 0 saturated heterocycles. The van der Waals surface area contributed by atoms with Crippen LogP contribution in [0.15, 0.2) is 18.2 Å². The molecule has 16 heavy (non-hydrogen) atoms. The molecule has 1 aromatic carbocycles. The number of nitrogens with zero attached hydrogens (tertiary/aromatic N) is 1. The van der Waals surface area contributed by atoms with E-state index in [1.807, 2.05) is 26.0 Å². The average Bonchev–Trinajstić information content (AvgIpc) is 2.51. The van der Waals surface area contributed by atoms with Crippen molar-refractivity contribution in [1.82, 2.24) is 4.57 Å². The predicted molar refractivity (Wildman–Crippen MR) is 57.4 cm³/mol. The first kappa shape index (κ1) is 11.0. The van der Waals surface area contributed by atoms with Crippen LogP contribution in [0.1, 0.15) is 16.8 Å². The number of alkyl halides is 3. The van der Waals surface area contributed by atoms with E-state index in [-0.39, 0.29) is 0 Å². The maximum absolute atomic E-state index is 12.7. The van der Waals surface area contributed by atoms with E-state index >= 15 is 0 Å². The number of aryl methyl sites for hydroxylation is 3. The summed E-state index contributed by atoms with van der Waals surface area (Å²) in [6.07, 6.45) is -4.30. The van der Waals surface area contributed by atoms with E-state index in [1.54, 1.807) is 0 Å². The molecule has 0 spiro atoms. The number of benzene rings is 1. The molecule has 0 aliphatic carbocycles. The Labute approximate surface area is 91.5 Å². The molecule has 1 nitrogen and oxygen atoms in total. The molecule has 86 valence electrons. The number of hydrogen-bond acceptors (Lipinski definition) is 0. The molecule has 2 aromatic rings. The van der Waals surface area contributed by atoms with Gasteiger partial charge in [-0.1, -0.05) is 12.1 Å². The van der Waals surface area contributed by atoms with Crippen molar-refractivity contribution in [2.45, 2.75) is 20.0 Å². The van der Waals surface area contributed by atoms with Gasteiger partial charge >= 0.3 is 6.18 Å². The van der Waals surface area contributed by atoms with Crippen LogP contribution >= 0.6 is 0 Å². The highest BCUT2D eigenvalue weighted by molar-refractivity contribution is 5.87. The molecule has 0 fully saturated rings. The van der Waals surface area contributed by atoms with E-state index in [1.165, 1.54) is 17.7 Å². The smallest absolute Gasteiger partial charge is 0.340 e. The van der Waals surface area contributed by atoms with E-state index in [4.69, 9.17) is 0 Å². The Hall–Kier alpha value is -1.45. The van der Waals surface area contributed by atoms with Gasteiger partial charge in [-0.25, -0.2) is 0 Å². The molecule has 1 aromatic heterocycles. The second-order valence-corrected chi connectivity index (χ2v) is 4.05. The van der Waals surface area contributed by atoms with Crippen LogP contribution in [0.5, 0.6) is 0 Å². The SMILES string of the molecule is Cc1ccc(C)c2c1cc(C(F)(F)F)n2C. The van der Waals surface area contributed by atoms with Gasteiger partial charge in [0.2, 0.25) is 0 Å². The molecule has 0 amide bonds. The summed E-state index contributed by atoms with van der Waals surface area (Å²) >= 11 is 0. The van der Waals surface area contributed by atoms with Crippen LogP contribution in [0.25, 0.3) is 10.9 Å². The molecule has 2 rings (SSSR count). The summed E-state index contributed by atoms with van der Waals surface area (Å²) in [6, 6.07) is 4.91. The van der Waals surface area contributed by atoms with Gasteiger partial charge in [0, 0.05) is 12.4 Å². The minimum Gasteiger partial charge on any atom is -0.340 e. The van der Waals surface area contributed by atoms with Crippen LogP contribution < -0.4 is 0 Å². The zero-order chi connectivity index (χ0) is 12.1. The molecular weight excluding hydrogens is 215 g/mol. The van der Waals surface area contributed by atoms with Gasteiger partial charge in [0.25, 0.3) is 0 Å². The molecule has 0 N–H and O–H groups in total. The Morgan fingerprint density at radius 1 is 1.06 bits per heavy atom. The molecule has 0 aliphatic heterocycles. The molecule has 1 heterocycles. The summed E-state index contributed by atoms with van der Waals surface area (Å²) in [5, 5.41) is 0.676. The van der Waals surface area contributed by atoms with Crippen LogP contribution in [0.4, 0.5) is 13.2 Å². The second-order valence-electron chi connectivity index (χ2n) is 4.05. The van der Waals surface area contributed by atoms with Gasteiger partial charge in [-0.3, -0.25) is 0 Å². The van der Waals surface area contributed by atoms with Crippen molar-refractivity contribution < 1.29 is 13.2 Å². The van der Waals surface area contributed by atoms with E-state index < -0.39 is 11.9 Å². The average molecular weight is 227 g/mol. The molecule has 0 atom stereocenters. The van der Waals surface area contributed by atoms with Gasteiger partial charge in [-0.05, 0) is 31.0 Å². The summed E-state index contributed by atoms with van der Waals surface area (Å²) < 4.78 is 39.4. The Balaban J connectivity index is 2.88. The standard InChI is InChI=1S/C12H12F3N/c1-7-4-5-8(2)11-9(7)6-10(16(11)3)12(13,14)15/h4-6H,1-3H3. The largest absolute Gasteiger partial charge is 0.431 e. The minimum atomic E-state index is -4.30. The lowest BCUT2D eigenvalue weighted by atomic mass is 10.1. The van der Waals surface area contributed by atoms with Crippen LogP contribution in [0.3, 0.4) is 0 Å². The van der Waals surface area contributed by atoms with Gasteiger partial charge in [0.05, 0.1) is 5.52 Å². The highest BCUT2D eigenvalue weighted by Crippen LogP contribution is 2.35. The number of hydrogen-bond donors (Lipinski definition) is 0. The van der Waals surface area contributed by atoms with Crippen LogP contribution in [0, 0.1) is 13.8 Å². The highest BCUT2D eigenvalue weighted by Gasteiger charge is 2.34. The van der Waals surface area contributed by atoms with Gasteiger partial charge in [-0.15, -0.1) is 0 Å². The third kappa shape index (κ3) is 1.49. The molecule has 0 unspecified atom stereocenters. The number of halogens is 3. The second kappa shape index (κ2) is 3.27. The fraction of sp³-hybridized carbons (Fsp3) is 0.333. The minimum absolute atomic E-state index is 0.597. The number of fused-ring (bicyclic) bond motifs is 1. The van der Waals surface area contributed by atoms with Crippen molar-refractivity contribution >= 4 is 10.9 Å². The number of aromatic nitrogens is 1. The molecule has 0 saturated carbocycles. The first-order chi connectivity index (χ1) is 7.32. The molecule has 0 radical (unpaired) electrons. The predicted octanol–water partition coefficient (Wildman–Crippen LogP) is 3.81. The topological polar surface area (TPSA) is 4.93 Å². The molecule has 0 bridgehead atoms. The first-order valence-corrected chi connectivity index (χ1v) is 4.95. The summed E-state index contributed by atoms with van der Waals surface area (Å²) in [4.78, 5) is 0. The summed E-state index contributed by atoms with van der Waals surface area (Å²) in [7, 11) is 1.46. The van der Waals surface area contributed by atoms with E-state index in [0.717, 1.165) is 11.1 Å². The van der Waals surface area contributed by atoms with Crippen molar-refractivity contribution in [3.05, 3.63) is 35.0 Å². The van der Waals surface area contributed by atoms with Crippen LogP contribution in [-0.4, -0.2) is 4.57 Å². The maximum Gasteiger partial charge on any atom is 0.431 e. The Bertz CT molecular complexity index is 549. The van der Waals surface area contributed by atoms with Crippen molar-refractivity contribution in [3.8, 4) is 0 Å². The fourth-order valence-corrected chi connectivity index (χ4v) is 2.07. The first-order valence-electron chi connectivity index (χ1n) is 4.95. The molecule has 0 aliphatic rings. The van der Waals surface area contributed by atoms with Crippen molar-refractivity contribution in [2.24, 2.45) is 7.05 Å². The van der Waals surface area contributed by atoms with E-state index in [2.05, 4.69) is 0 Å². The third-order valence-electron chi connectivity index (χ3n) is 2.91. The van der Waals surface area contributed by atoms with Crippen LogP contribution in [0.2, 0.25) is 0 Å². The zero-order valence-electron chi connectivity index (χ0n) is 9.31. The van der Waals surface area contributed by atoms with Gasteiger partial charge < -0.3 is 4.57 Å². The van der Waals surface area contributed by atoms with E-state index in [9.17, 15) is 13.2 Å². The number of rotatable bonds is 0. The van der Waals surface area contributed by atoms with Crippen LogP contribution in [-0.2, 0) is 13.2 Å². The van der Waals surface area contributed by atoms with Crippen molar-refractivity contribution in [1.29, 1.82) is 0 Å². The molecule has 4 heteroatoms. The Morgan fingerprint density at radius 3 is 2.12 bits per heavy atom. The summed E-state index contributed by atoms with van der Waals surface area (Å²) in [5.74, 6) is 0. The monoisotopic (exact) mass is 227 g/mol. The normalized spacial score (nSPS) is 12.4. The zero-order valence-corrected chi connectivity index (χ0v) is 9.31. The fourth-order valence-electron chi connectivity index (χ4n) is 2.07. The van der Waals surface area contributed by atoms with Gasteiger partial charge in [-0.2, -0.15) is 13.2 Å². The van der Waals surface area contributed by atoms with E-state index in [0.29, 0.717) is 10.9 Å². The Morgan fingerprint density at radius 2 is 1.62 bits per heavy atom. The van der Waals surface area contributed by atoms with Crippen molar-refractivity contribution in [3.63, 3.8) is 0 Å². The Kier molecular flexibility index (Phi) is 2.26. The lowest BCUT2D eigenvalue weighted by Crippen LogP contribution is -2.10. The summed E-state index contributed by atoms with van der Waals surface area (Å²) in [5.41, 5.74) is 1.79. The van der Waals surface area contributed by atoms with Crippen molar-refractivity contribution in [2.75, 3.05) is 0 Å². The lowest BCUT2D eigenvalue weighted by molar-refractivity contribution is -0.142. The summed E-state index contributed by atoms with van der Waals surface area (Å²) in [6.45, 7) is 3.64. The van der Waals surface area contributed by atoms with Gasteiger partial charge in [0.15, 0.2) is 0 Å². The highest BCUT2D eigenvalue weighted by atomic mass is 19.4.